The Labute approximate surface area is 91.6 Å². The third kappa shape index (κ3) is 1.33. The molecule has 0 aliphatic heterocycles. The zero-order valence-corrected chi connectivity index (χ0v) is 8.78. The number of aromatic nitrogens is 4. The first-order valence-corrected chi connectivity index (χ1v) is 5.27. The molecule has 5 heteroatoms. The normalized spacial score (nSPS) is 15.9. The molecule has 0 saturated heterocycles. The first-order chi connectivity index (χ1) is 7.36. The van der Waals surface area contributed by atoms with Gasteiger partial charge in [-0.1, -0.05) is 17.7 Å². The minimum Gasteiger partial charge on any atom is -0.287 e. The van der Waals surface area contributed by atoms with Crippen molar-refractivity contribution in [2.24, 2.45) is 0 Å². The molecule has 0 unspecified atom stereocenters. The molecule has 0 saturated carbocycles. The van der Waals surface area contributed by atoms with Crippen LogP contribution >= 0.6 is 11.6 Å². The highest BCUT2D eigenvalue weighted by atomic mass is 35.5. The molecule has 0 bridgehead atoms. The lowest BCUT2D eigenvalue weighted by Crippen LogP contribution is -1.94. The molecule has 4 nitrogen and oxygen atoms in total. The predicted molar refractivity (Wildman–Crippen MR) is 58.5 cm³/mol. The Bertz CT molecular complexity index is 543. The van der Waals surface area contributed by atoms with E-state index in [4.69, 9.17) is 11.6 Å². The van der Waals surface area contributed by atoms with Crippen LogP contribution in [-0.2, 0) is 0 Å². The van der Waals surface area contributed by atoms with Crippen molar-refractivity contribution in [1.29, 1.82) is 0 Å². The van der Waals surface area contributed by atoms with Gasteiger partial charge < -0.3 is 0 Å². The first kappa shape index (κ1) is 8.85. The number of imidazole rings is 1. The van der Waals surface area contributed by atoms with Gasteiger partial charge in [-0.15, -0.1) is 0 Å². The molecule has 1 aliphatic carbocycles. The van der Waals surface area contributed by atoms with Gasteiger partial charge in [0, 0.05) is 5.70 Å². The highest BCUT2D eigenvalue weighted by Crippen LogP contribution is 2.26. The van der Waals surface area contributed by atoms with Crippen LogP contribution < -0.4 is 0 Å². The summed E-state index contributed by atoms with van der Waals surface area (Å²) < 4.78 is 2.00. The molecule has 0 fully saturated rings. The summed E-state index contributed by atoms with van der Waals surface area (Å²) in [6.45, 7) is 0. The molecule has 0 aromatic carbocycles. The van der Waals surface area contributed by atoms with Crippen LogP contribution in [0.4, 0.5) is 0 Å². The van der Waals surface area contributed by atoms with Gasteiger partial charge in [0.25, 0.3) is 0 Å². The van der Waals surface area contributed by atoms with Gasteiger partial charge in [0.05, 0.1) is 0 Å². The van der Waals surface area contributed by atoms with Crippen LogP contribution in [0, 0.1) is 0 Å². The number of fused-ring (bicyclic) bond motifs is 1. The van der Waals surface area contributed by atoms with Crippen molar-refractivity contribution >= 4 is 28.5 Å². The molecular formula is C10H9ClN4. The Hall–Kier alpha value is -1.42. The SMILES string of the molecule is Clc1ncnc2c1ncn2C1=CCCC1. The first-order valence-electron chi connectivity index (χ1n) is 4.89. The Kier molecular flexibility index (Phi) is 1.95. The Balaban J connectivity index is 2.24. The van der Waals surface area contributed by atoms with Crippen LogP contribution in [0.5, 0.6) is 0 Å². The Morgan fingerprint density at radius 3 is 3.00 bits per heavy atom. The summed E-state index contributed by atoms with van der Waals surface area (Å²) >= 11 is 5.93. The molecule has 15 heavy (non-hydrogen) atoms. The minimum absolute atomic E-state index is 0.414. The summed E-state index contributed by atoms with van der Waals surface area (Å²) in [5, 5.41) is 0.414. The number of allylic oxidation sites excluding steroid dienone is 2. The van der Waals surface area contributed by atoms with Crippen LogP contribution in [0.25, 0.3) is 16.9 Å². The highest BCUT2D eigenvalue weighted by Gasteiger charge is 2.13. The number of nitrogens with zero attached hydrogens (tertiary/aromatic N) is 4. The molecule has 2 aromatic rings. The zero-order chi connectivity index (χ0) is 10.3. The van der Waals surface area contributed by atoms with Gasteiger partial charge in [-0.25, -0.2) is 15.0 Å². The highest BCUT2D eigenvalue weighted by molar-refractivity contribution is 6.33. The van der Waals surface area contributed by atoms with Gasteiger partial charge in [-0.3, -0.25) is 4.57 Å². The maximum absolute atomic E-state index is 5.93. The lowest BCUT2D eigenvalue weighted by molar-refractivity contribution is 0.907. The monoisotopic (exact) mass is 220 g/mol. The van der Waals surface area contributed by atoms with E-state index in [0.29, 0.717) is 10.7 Å². The number of rotatable bonds is 1. The van der Waals surface area contributed by atoms with E-state index in [0.717, 1.165) is 18.5 Å². The van der Waals surface area contributed by atoms with E-state index in [1.54, 1.807) is 6.33 Å². The van der Waals surface area contributed by atoms with Crippen molar-refractivity contribution < 1.29 is 0 Å². The van der Waals surface area contributed by atoms with Crippen molar-refractivity contribution in [2.75, 3.05) is 0 Å². The Morgan fingerprint density at radius 2 is 2.20 bits per heavy atom. The second-order valence-corrected chi connectivity index (χ2v) is 3.90. The predicted octanol–water partition coefficient (Wildman–Crippen LogP) is 2.50. The van der Waals surface area contributed by atoms with Gasteiger partial charge >= 0.3 is 0 Å². The standard InChI is InChI=1S/C10H9ClN4/c11-9-8-10(13-5-12-9)15(6-14-8)7-3-1-2-4-7/h3,5-6H,1-2,4H2. The molecule has 2 aromatic heterocycles. The molecule has 0 amide bonds. The fraction of sp³-hybridized carbons (Fsp3) is 0.300. The van der Waals surface area contributed by atoms with E-state index in [1.807, 2.05) is 4.57 Å². The third-order valence-corrected chi connectivity index (χ3v) is 2.89. The molecule has 0 spiro atoms. The van der Waals surface area contributed by atoms with E-state index in [9.17, 15) is 0 Å². The van der Waals surface area contributed by atoms with Crippen molar-refractivity contribution in [3.8, 4) is 0 Å². The lowest BCUT2D eigenvalue weighted by Gasteiger charge is -2.02. The summed E-state index contributed by atoms with van der Waals surface area (Å²) in [7, 11) is 0. The van der Waals surface area contributed by atoms with Gasteiger partial charge in [0.2, 0.25) is 0 Å². The second kappa shape index (κ2) is 3.31. The van der Waals surface area contributed by atoms with Crippen molar-refractivity contribution in [3.63, 3.8) is 0 Å². The third-order valence-electron chi connectivity index (χ3n) is 2.62. The summed E-state index contributed by atoms with van der Waals surface area (Å²) in [6.07, 6.45) is 8.87. The van der Waals surface area contributed by atoms with Gasteiger partial charge in [-0.05, 0) is 19.3 Å². The van der Waals surface area contributed by atoms with Crippen LogP contribution in [0.2, 0.25) is 5.15 Å². The minimum atomic E-state index is 0.414. The van der Waals surface area contributed by atoms with E-state index >= 15 is 0 Å². The second-order valence-electron chi connectivity index (χ2n) is 3.54. The number of halogens is 1. The Morgan fingerprint density at radius 1 is 1.27 bits per heavy atom. The average Bonchev–Trinajstić information content (AvgIpc) is 2.85. The number of hydrogen-bond acceptors (Lipinski definition) is 3. The summed E-state index contributed by atoms with van der Waals surface area (Å²) in [6, 6.07) is 0. The molecule has 3 rings (SSSR count). The van der Waals surface area contributed by atoms with Crippen molar-refractivity contribution in [3.05, 3.63) is 23.9 Å². The summed E-state index contributed by atoms with van der Waals surface area (Å²) in [4.78, 5) is 12.3. The van der Waals surface area contributed by atoms with Gasteiger partial charge in [-0.2, -0.15) is 0 Å². The van der Waals surface area contributed by atoms with E-state index in [1.165, 1.54) is 18.4 Å². The molecular weight excluding hydrogens is 212 g/mol. The maximum atomic E-state index is 5.93. The molecule has 1 aliphatic rings. The summed E-state index contributed by atoms with van der Waals surface area (Å²) in [5.41, 5.74) is 2.72. The maximum Gasteiger partial charge on any atom is 0.169 e. The van der Waals surface area contributed by atoms with E-state index < -0.39 is 0 Å². The largest absolute Gasteiger partial charge is 0.287 e. The smallest absolute Gasteiger partial charge is 0.169 e. The van der Waals surface area contributed by atoms with Crippen molar-refractivity contribution in [2.45, 2.75) is 19.3 Å². The van der Waals surface area contributed by atoms with Crippen LogP contribution in [-0.4, -0.2) is 19.5 Å². The fourth-order valence-corrected chi connectivity index (χ4v) is 2.07. The molecule has 2 heterocycles. The fourth-order valence-electron chi connectivity index (χ4n) is 1.89. The lowest BCUT2D eigenvalue weighted by atomic mass is 10.3. The molecule has 0 N–H and O–H groups in total. The average molecular weight is 221 g/mol. The van der Waals surface area contributed by atoms with Crippen LogP contribution in [0.1, 0.15) is 19.3 Å². The van der Waals surface area contributed by atoms with Crippen LogP contribution in [0.15, 0.2) is 18.7 Å². The quantitative estimate of drug-likeness (QED) is 0.694. The topological polar surface area (TPSA) is 43.6 Å². The van der Waals surface area contributed by atoms with Gasteiger partial charge in [0.15, 0.2) is 10.8 Å². The van der Waals surface area contributed by atoms with Crippen LogP contribution in [0.3, 0.4) is 0 Å². The van der Waals surface area contributed by atoms with Gasteiger partial charge in [0.1, 0.15) is 18.2 Å². The van der Waals surface area contributed by atoms with E-state index in [2.05, 4.69) is 21.0 Å². The van der Waals surface area contributed by atoms with Crippen molar-refractivity contribution in [1.82, 2.24) is 19.5 Å². The van der Waals surface area contributed by atoms with E-state index in [-0.39, 0.29) is 0 Å². The molecule has 0 radical (unpaired) electrons. The molecule has 76 valence electrons. The summed E-state index contributed by atoms with van der Waals surface area (Å²) in [5.74, 6) is 0. The number of hydrogen-bond donors (Lipinski definition) is 0. The zero-order valence-electron chi connectivity index (χ0n) is 8.02. The molecule has 0 atom stereocenters.